The van der Waals surface area contributed by atoms with Gasteiger partial charge < -0.3 is 20.1 Å². The largest absolute Gasteiger partial charge is 0.493 e. The van der Waals surface area contributed by atoms with E-state index in [2.05, 4.69) is 20.8 Å². The van der Waals surface area contributed by atoms with E-state index in [0.29, 0.717) is 17.1 Å². The molecule has 1 aromatic carbocycles. The van der Waals surface area contributed by atoms with Crippen LogP contribution in [0, 0.1) is 6.92 Å². The predicted molar refractivity (Wildman–Crippen MR) is 122 cm³/mol. The molecule has 0 spiro atoms. The number of hydrogen-bond acceptors (Lipinski definition) is 6. The van der Waals surface area contributed by atoms with Crippen LogP contribution in [0.2, 0.25) is 5.02 Å². The Labute approximate surface area is 204 Å². The van der Waals surface area contributed by atoms with Gasteiger partial charge in [0.15, 0.2) is 23.2 Å². The molecule has 4 rings (SSSR count). The molecule has 0 bridgehead atoms. The number of nitrogens with zero attached hydrogens (tertiary/aromatic N) is 4. The van der Waals surface area contributed by atoms with Crippen molar-refractivity contribution in [2.45, 2.75) is 38.1 Å². The SMILES string of the molecule is COc1ccc([C@@H]2C[C@H](C(F)(F)F)n3nc(C(=O)NCc4cnn(C)c4C)c(Cl)c3N2)cc1OC. The lowest BCUT2D eigenvalue weighted by atomic mass is 9.96. The zero-order valence-electron chi connectivity index (χ0n) is 19.4. The molecule has 13 heteroatoms. The van der Waals surface area contributed by atoms with Crippen LogP contribution in [0.4, 0.5) is 19.0 Å². The fourth-order valence-electron chi connectivity index (χ4n) is 4.00. The molecule has 1 aliphatic rings. The minimum Gasteiger partial charge on any atom is -0.493 e. The summed E-state index contributed by atoms with van der Waals surface area (Å²) in [7, 11) is 4.67. The van der Waals surface area contributed by atoms with Gasteiger partial charge in [-0.15, -0.1) is 0 Å². The zero-order valence-corrected chi connectivity index (χ0v) is 20.2. The van der Waals surface area contributed by atoms with Crippen LogP contribution in [0.5, 0.6) is 11.5 Å². The standard InChI is InChI=1S/C22H24ClF3N6O3/c1-11-13(10-28-31(11)2)9-27-21(33)19-18(23)20-29-14(8-17(22(24,25)26)32(20)30-19)12-5-6-15(34-3)16(7-12)35-4/h5-7,10,14,17,29H,8-9H2,1-4H3,(H,27,33)/t14-,17+/m0/s1. The maximum atomic E-state index is 14.0. The van der Waals surface area contributed by atoms with Crippen LogP contribution in [0.3, 0.4) is 0 Å². The second kappa shape index (κ2) is 9.33. The summed E-state index contributed by atoms with van der Waals surface area (Å²) in [6.07, 6.45) is -3.38. The first-order chi connectivity index (χ1) is 16.5. The molecule has 0 fully saturated rings. The van der Waals surface area contributed by atoms with Gasteiger partial charge in [0.2, 0.25) is 0 Å². The van der Waals surface area contributed by atoms with Gasteiger partial charge in [-0.3, -0.25) is 9.48 Å². The summed E-state index contributed by atoms with van der Waals surface area (Å²) < 4.78 is 55.0. The molecular formula is C22H24ClF3N6O3. The Bertz CT molecular complexity index is 1260. The van der Waals surface area contributed by atoms with E-state index in [1.165, 1.54) is 14.2 Å². The molecule has 1 aliphatic heterocycles. The van der Waals surface area contributed by atoms with Crippen molar-refractivity contribution in [2.24, 2.45) is 7.05 Å². The van der Waals surface area contributed by atoms with Gasteiger partial charge in [-0.05, 0) is 24.6 Å². The first kappa shape index (κ1) is 24.7. The Kier molecular flexibility index (Phi) is 6.58. The van der Waals surface area contributed by atoms with E-state index >= 15 is 0 Å². The summed E-state index contributed by atoms with van der Waals surface area (Å²) in [5.74, 6) is 0.0601. The molecule has 0 saturated heterocycles. The highest BCUT2D eigenvalue weighted by Crippen LogP contribution is 2.47. The molecule has 2 N–H and O–H groups in total. The molecule has 1 amide bonds. The maximum absolute atomic E-state index is 14.0. The molecule has 0 aliphatic carbocycles. The van der Waals surface area contributed by atoms with Crippen LogP contribution >= 0.6 is 11.6 Å². The average Bonchev–Trinajstić information content (AvgIpc) is 3.34. The summed E-state index contributed by atoms with van der Waals surface area (Å²) in [6, 6.07) is 2.11. The highest BCUT2D eigenvalue weighted by atomic mass is 35.5. The van der Waals surface area contributed by atoms with E-state index < -0.39 is 24.2 Å². The van der Waals surface area contributed by atoms with E-state index in [1.54, 1.807) is 36.1 Å². The monoisotopic (exact) mass is 512 g/mol. The number of rotatable bonds is 6. The fraction of sp³-hybridized carbons (Fsp3) is 0.409. The molecule has 0 saturated carbocycles. The smallest absolute Gasteiger partial charge is 0.410 e. The number of alkyl halides is 3. The second-order valence-electron chi connectivity index (χ2n) is 8.12. The zero-order chi connectivity index (χ0) is 25.5. The van der Waals surface area contributed by atoms with Crippen LogP contribution in [0.1, 0.15) is 45.8 Å². The summed E-state index contributed by atoms with van der Waals surface area (Å²) in [6.45, 7) is 1.96. The summed E-state index contributed by atoms with van der Waals surface area (Å²) in [4.78, 5) is 12.8. The van der Waals surface area contributed by atoms with Gasteiger partial charge in [-0.1, -0.05) is 17.7 Å². The molecule has 9 nitrogen and oxygen atoms in total. The number of amides is 1. The van der Waals surface area contributed by atoms with Crippen molar-refractivity contribution in [3.05, 3.63) is 51.9 Å². The summed E-state index contributed by atoms with van der Waals surface area (Å²) >= 11 is 6.39. The molecular weight excluding hydrogens is 489 g/mol. The highest BCUT2D eigenvalue weighted by molar-refractivity contribution is 6.36. The van der Waals surface area contributed by atoms with Crippen molar-refractivity contribution in [3.63, 3.8) is 0 Å². The molecule has 0 radical (unpaired) electrons. The number of carbonyl (C=O) groups excluding carboxylic acids is 1. The number of aryl methyl sites for hydroxylation is 1. The van der Waals surface area contributed by atoms with E-state index in [9.17, 15) is 18.0 Å². The second-order valence-corrected chi connectivity index (χ2v) is 8.50. The van der Waals surface area contributed by atoms with E-state index in [4.69, 9.17) is 21.1 Å². The molecule has 188 valence electrons. The van der Waals surface area contributed by atoms with E-state index in [-0.39, 0.29) is 29.5 Å². The van der Waals surface area contributed by atoms with Crippen molar-refractivity contribution in [2.75, 3.05) is 19.5 Å². The molecule has 2 atom stereocenters. The van der Waals surface area contributed by atoms with Crippen LogP contribution in [0.15, 0.2) is 24.4 Å². The van der Waals surface area contributed by atoms with Gasteiger partial charge in [-0.2, -0.15) is 23.4 Å². The first-order valence-corrected chi connectivity index (χ1v) is 11.0. The number of halogens is 4. The van der Waals surface area contributed by atoms with Crippen molar-refractivity contribution >= 4 is 23.3 Å². The molecule has 3 aromatic rings. The number of benzene rings is 1. The number of anilines is 1. The van der Waals surface area contributed by atoms with Gasteiger partial charge in [-0.25, -0.2) is 4.68 Å². The Balaban J connectivity index is 1.65. The Morgan fingerprint density at radius 1 is 1.29 bits per heavy atom. The van der Waals surface area contributed by atoms with Crippen molar-refractivity contribution < 1.29 is 27.4 Å². The quantitative estimate of drug-likeness (QED) is 0.514. The number of nitrogens with one attached hydrogen (secondary N) is 2. The third kappa shape index (κ3) is 4.62. The normalized spacial score (nSPS) is 17.5. The summed E-state index contributed by atoms with van der Waals surface area (Å²) in [5, 5.41) is 13.5. The minimum absolute atomic E-state index is 0.0808. The summed E-state index contributed by atoms with van der Waals surface area (Å²) in [5.41, 5.74) is 1.86. The lowest BCUT2D eigenvalue weighted by Gasteiger charge is -2.33. The Hall–Kier alpha value is -3.41. The van der Waals surface area contributed by atoms with Crippen molar-refractivity contribution in [3.8, 4) is 11.5 Å². The van der Waals surface area contributed by atoms with Crippen LogP contribution in [-0.2, 0) is 13.6 Å². The average molecular weight is 513 g/mol. The minimum atomic E-state index is -4.62. The van der Waals surface area contributed by atoms with Crippen LogP contribution in [-0.4, -0.2) is 45.9 Å². The van der Waals surface area contributed by atoms with E-state index in [1.807, 2.05) is 6.92 Å². The van der Waals surface area contributed by atoms with Gasteiger partial charge in [0.05, 0.1) is 26.5 Å². The third-order valence-corrected chi connectivity index (χ3v) is 6.45. The van der Waals surface area contributed by atoms with Crippen LogP contribution < -0.4 is 20.1 Å². The van der Waals surface area contributed by atoms with Crippen molar-refractivity contribution in [1.82, 2.24) is 24.9 Å². The number of hydrogen-bond donors (Lipinski definition) is 2. The highest BCUT2D eigenvalue weighted by Gasteiger charge is 2.48. The van der Waals surface area contributed by atoms with Gasteiger partial charge >= 0.3 is 6.18 Å². The first-order valence-electron chi connectivity index (χ1n) is 10.6. The maximum Gasteiger partial charge on any atom is 0.410 e. The lowest BCUT2D eigenvalue weighted by Crippen LogP contribution is -2.36. The van der Waals surface area contributed by atoms with Crippen LogP contribution in [0.25, 0.3) is 0 Å². The molecule has 3 heterocycles. The Morgan fingerprint density at radius 3 is 2.60 bits per heavy atom. The molecule has 2 aromatic heterocycles. The topological polar surface area (TPSA) is 95.2 Å². The lowest BCUT2D eigenvalue weighted by molar-refractivity contribution is -0.173. The molecule has 35 heavy (non-hydrogen) atoms. The van der Waals surface area contributed by atoms with E-state index in [0.717, 1.165) is 15.9 Å². The Morgan fingerprint density at radius 2 is 2.00 bits per heavy atom. The van der Waals surface area contributed by atoms with Gasteiger partial charge in [0.1, 0.15) is 10.8 Å². The predicted octanol–water partition coefficient (Wildman–Crippen LogP) is 4.19. The molecule has 0 unspecified atom stereocenters. The van der Waals surface area contributed by atoms with Crippen molar-refractivity contribution in [1.29, 1.82) is 0 Å². The number of aromatic nitrogens is 4. The number of fused-ring (bicyclic) bond motifs is 1. The number of methoxy groups -OCH3 is 2. The third-order valence-electron chi connectivity index (χ3n) is 6.10. The van der Waals surface area contributed by atoms with Gasteiger partial charge in [0.25, 0.3) is 5.91 Å². The number of carbonyl (C=O) groups is 1. The fourth-order valence-corrected chi connectivity index (χ4v) is 4.26. The van der Waals surface area contributed by atoms with Gasteiger partial charge in [0, 0.05) is 31.3 Å². The number of ether oxygens (including phenoxy) is 2.